The summed E-state index contributed by atoms with van der Waals surface area (Å²) in [6.45, 7) is 9.78. The maximum Gasteiger partial charge on any atom is 0.410 e. The van der Waals surface area contributed by atoms with Crippen LogP contribution in [0, 0.1) is 0 Å². The van der Waals surface area contributed by atoms with Gasteiger partial charge in [0.05, 0.1) is 0 Å². The second kappa shape index (κ2) is 7.75. The first kappa shape index (κ1) is 19.1. The summed E-state index contributed by atoms with van der Waals surface area (Å²) in [5.74, 6) is 0. The van der Waals surface area contributed by atoms with Gasteiger partial charge in [-0.3, -0.25) is 4.90 Å². The van der Waals surface area contributed by atoms with Crippen LogP contribution in [0.15, 0.2) is 24.3 Å². The molecule has 2 rings (SSSR count). The SMILES string of the molecule is CC(c1ccccc1Cl)N1CCC(N(C)C(=O)OC(C)(C)C)CC1. The summed E-state index contributed by atoms with van der Waals surface area (Å²) in [6, 6.07) is 8.53. The van der Waals surface area contributed by atoms with Crippen LogP contribution in [0.4, 0.5) is 4.79 Å². The van der Waals surface area contributed by atoms with Gasteiger partial charge < -0.3 is 9.64 Å². The molecule has 24 heavy (non-hydrogen) atoms. The zero-order valence-corrected chi connectivity index (χ0v) is 16.1. The molecule has 1 amide bonds. The fraction of sp³-hybridized carbons (Fsp3) is 0.632. The molecular formula is C19H29ClN2O2. The van der Waals surface area contributed by atoms with E-state index in [9.17, 15) is 4.79 Å². The number of rotatable bonds is 3. The monoisotopic (exact) mass is 352 g/mol. The van der Waals surface area contributed by atoms with E-state index in [0.717, 1.165) is 36.5 Å². The van der Waals surface area contributed by atoms with Crippen LogP contribution in [0.25, 0.3) is 0 Å². The number of amides is 1. The Morgan fingerprint density at radius 2 is 1.88 bits per heavy atom. The predicted octanol–water partition coefficient (Wildman–Crippen LogP) is 4.73. The maximum absolute atomic E-state index is 12.2. The summed E-state index contributed by atoms with van der Waals surface area (Å²) in [4.78, 5) is 16.4. The standard InChI is InChI=1S/C19H29ClN2O2/c1-14(16-8-6-7-9-17(16)20)22-12-10-15(11-13-22)21(5)18(23)24-19(2,3)4/h6-9,14-15H,10-13H2,1-5H3. The molecular weight excluding hydrogens is 324 g/mol. The largest absolute Gasteiger partial charge is 0.444 e. The van der Waals surface area contributed by atoms with Crippen LogP contribution in [-0.4, -0.2) is 47.7 Å². The molecule has 0 aliphatic carbocycles. The van der Waals surface area contributed by atoms with Crippen molar-refractivity contribution in [1.82, 2.24) is 9.80 Å². The molecule has 1 heterocycles. The fourth-order valence-electron chi connectivity index (χ4n) is 3.15. The number of nitrogens with zero attached hydrogens (tertiary/aromatic N) is 2. The summed E-state index contributed by atoms with van der Waals surface area (Å²) in [6.07, 6.45) is 1.66. The van der Waals surface area contributed by atoms with Crippen molar-refractivity contribution in [1.29, 1.82) is 0 Å². The van der Waals surface area contributed by atoms with Crippen molar-refractivity contribution >= 4 is 17.7 Å². The lowest BCUT2D eigenvalue weighted by molar-refractivity contribution is 0.0134. The summed E-state index contributed by atoms with van der Waals surface area (Å²) >= 11 is 6.32. The number of carbonyl (C=O) groups is 1. The molecule has 134 valence electrons. The quantitative estimate of drug-likeness (QED) is 0.788. The molecule has 1 fully saturated rings. The van der Waals surface area contributed by atoms with Crippen LogP contribution in [0.1, 0.15) is 52.1 Å². The van der Waals surface area contributed by atoms with Crippen LogP contribution in [0.3, 0.4) is 0 Å². The Morgan fingerprint density at radius 1 is 1.29 bits per heavy atom. The van der Waals surface area contributed by atoms with Gasteiger partial charge in [0.2, 0.25) is 0 Å². The van der Waals surface area contributed by atoms with Crippen molar-refractivity contribution in [2.24, 2.45) is 0 Å². The zero-order valence-electron chi connectivity index (χ0n) is 15.4. The van der Waals surface area contributed by atoms with Gasteiger partial charge in [-0.2, -0.15) is 0 Å². The first-order chi connectivity index (χ1) is 11.2. The summed E-state index contributed by atoms with van der Waals surface area (Å²) in [5.41, 5.74) is 0.711. The number of benzene rings is 1. The molecule has 0 spiro atoms. The van der Waals surface area contributed by atoms with E-state index in [1.54, 1.807) is 4.90 Å². The Morgan fingerprint density at radius 3 is 2.42 bits per heavy atom. The van der Waals surface area contributed by atoms with Crippen LogP contribution in [0.5, 0.6) is 0 Å². The summed E-state index contributed by atoms with van der Waals surface area (Å²) < 4.78 is 5.47. The van der Waals surface area contributed by atoms with Crippen LogP contribution >= 0.6 is 11.6 Å². The molecule has 1 atom stereocenters. The van der Waals surface area contributed by atoms with Gasteiger partial charge in [-0.15, -0.1) is 0 Å². The molecule has 1 aromatic rings. The number of carbonyl (C=O) groups excluding carboxylic acids is 1. The normalized spacial score (nSPS) is 18.2. The predicted molar refractivity (Wildman–Crippen MR) is 98.5 cm³/mol. The van der Waals surface area contributed by atoms with Gasteiger partial charge in [-0.05, 0) is 52.2 Å². The van der Waals surface area contributed by atoms with Crippen molar-refractivity contribution in [3.63, 3.8) is 0 Å². The number of piperidine rings is 1. The molecule has 1 unspecified atom stereocenters. The number of hydrogen-bond donors (Lipinski definition) is 0. The Balaban J connectivity index is 1.91. The smallest absolute Gasteiger partial charge is 0.410 e. The highest BCUT2D eigenvalue weighted by Gasteiger charge is 2.30. The van der Waals surface area contributed by atoms with Gasteiger partial charge in [0.1, 0.15) is 5.60 Å². The molecule has 0 aromatic heterocycles. The highest BCUT2D eigenvalue weighted by atomic mass is 35.5. The molecule has 5 heteroatoms. The van der Waals surface area contributed by atoms with Crippen molar-refractivity contribution in [2.45, 2.75) is 58.2 Å². The number of ether oxygens (including phenoxy) is 1. The van der Waals surface area contributed by atoms with Gasteiger partial charge in [0.15, 0.2) is 0 Å². The average molecular weight is 353 g/mol. The topological polar surface area (TPSA) is 32.8 Å². The highest BCUT2D eigenvalue weighted by Crippen LogP contribution is 2.30. The third-order valence-corrected chi connectivity index (χ3v) is 4.98. The zero-order chi connectivity index (χ0) is 17.9. The minimum Gasteiger partial charge on any atom is -0.444 e. The van der Waals surface area contributed by atoms with Crippen LogP contribution in [0.2, 0.25) is 5.02 Å². The molecule has 1 aliphatic rings. The second-order valence-electron chi connectivity index (χ2n) is 7.56. The molecule has 0 bridgehead atoms. The molecule has 1 aromatic carbocycles. The Kier molecular flexibility index (Phi) is 6.16. The third-order valence-electron chi connectivity index (χ3n) is 4.63. The van der Waals surface area contributed by atoms with E-state index >= 15 is 0 Å². The minimum absolute atomic E-state index is 0.231. The highest BCUT2D eigenvalue weighted by molar-refractivity contribution is 6.31. The third kappa shape index (κ3) is 4.87. The number of likely N-dealkylation sites (tertiary alicyclic amines) is 1. The number of hydrogen-bond acceptors (Lipinski definition) is 3. The van der Waals surface area contributed by atoms with Crippen molar-refractivity contribution in [3.05, 3.63) is 34.9 Å². The molecule has 0 N–H and O–H groups in total. The Bertz CT molecular complexity index is 563. The molecule has 1 aliphatic heterocycles. The average Bonchev–Trinajstić information content (AvgIpc) is 2.52. The van der Waals surface area contributed by atoms with E-state index in [1.807, 2.05) is 46.0 Å². The van der Waals surface area contributed by atoms with Gasteiger partial charge in [0, 0.05) is 37.2 Å². The lowest BCUT2D eigenvalue weighted by Crippen LogP contribution is -2.47. The van der Waals surface area contributed by atoms with E-state index in [2.05, 4.69) is 17.9 Å². The maximum atomic E-state index is 12.2. The van der Waals surface area contributed by atoms with Gasteiger partial charge in [-0.25, -0.2) is 4.79 Å². The summed E-state index contributed by atoms with van der Waals surface area (Å²) in [5, 5.41) is 0.818. The first-order valence-electron chi connectivity index (χ1n) is 8.63. The van der Waals surface area contributed by atoms with E-state index in [4.69, 9.17) is 16.3 Å². The van der Waals surface area contributed by atoms with Gasteiger partial charge in [-0.1, -0.05) is 29.8 Å². The molecule has 0 saturated carbocycles. The van der Waals surface area contributed by atoms with Crippen LogP contribution in [-0.2, 0) is 4.74 Å². The molecule has 4 nitrogen and oxygen atoms in total. The lowest BCUT2D eigenvalue weighted by atomic mass is 9.99. The van der Waals surface area contributed by atoms with Crippen molar-refractivity contribution in [3.8, 4) is 0 Å². The Labute approximate surface area is 150 Å². The van der Waals surface area contributed by atoms with E-state index in [-0.39, 0.29) is 18.2 Å². The van der Waals surface area contributed by atoms with E-state index in [0.29, 0.717) is 0 Å². The second-order valence-corrected chi connectivity index (χ2v) is 7.96. The Hall–Kier alpha value is -1.26. The van der Waals surface area contributed by atoms with Crippen LogP contribution < -0.4 is 0 Å². The fourth-order valence-corrected chi connectivity index (χ4v) is 3.45. The van der Waals surface area contributed by atoms with Crippen molar-refractivity contribution < 1.29 is 9.53 Å². The molecule has 1 saturated heterocycles. The van der Waals surface area contributed by atoms with Gasteiger partial charge >= 0.3 is 6.09 Å². The number of halogens is 1. The molecule has 0 radical (unpaired) electrons. The van der Waals surface area contributed by atoms with E-state index < -0.39 is 5.60 Å². The lowest BCUT2D eigenvalue weighted by Gasteiger charge is -2.39. The van der Waals surface area contributed by atoms with Gasteiger partial charge in [0.25, 0.3) is 0 Å². The van der Waals surface area contributed by atoms with Crippen molar-refractivity contribution in [2.75, 3.05) is 20.1 Å². The summed E-state index contributed by atoms with van der Waals surface area (Å²) in [7, 11) is 1.84. The minimum atomic E-state index is -0.454. The van der Waals surface area contributed by atoms with E-state index in [1.165, 1.54) is 0 Å². The first-order valence-corrected chi connectivity index (χ1v) is 9.01.